The first-order chi connectivity index (χ1) is 12.0. The van der Waals surface area contributed by atoms with E-state index in [1.165, 1.54) is 7.11 Å². The summed E-state index contributed by atoms with van der Waals surface area (Å²) in [6, 6.07) is 14.6. The Morgan fingerprint density at radius 2 is 1.76 bits per heavy atom. The number of hydrogen-bond acceptors (Lipinski definition) is 4. The number of primary amides is 1. The van der Waals surface area contributed by atoms with Crippen molar-refractivity contribution in [1.29, 1.82) is 0 Å². The monoisotopic (exact) mass is 342 g/mol. The molecular weight excluding hydrogens is 320 g/mol. The van der Waals surface area contributed by atoms with Gasteiger partial charge in [-0.3, -0.25) is 9.59 Å². The lowest BCUT2D eigenvalue weighted by Crippen LogP contribution is -2.33. The fraction of sp³-hybridized carbons (Fsp3) is 0.263. The molecular formula is C19H22N2O4. The summed E-state index contributed by atoms with van der Waals surface area (Å²) in [7, 11) is 3.04. The van der Waals surface area contributed by atoms with Crippen LogP contribution in [0.3, 0.4) is 0 Å². The molecule has 0 aliphatic rings. The standard InChI is InChI=1S/C19H22N2O4/c1-24-15-8-9-16(17(12-15)25-2)19(23)21(11-10-18(20)22)13-14-6-4-3-5-7-14/h3-9,12H,10-11,13H2,1-2H3,(H2,20,22). The number of ether oxygens (including phenoxy) is 2. The maximum atomic E-state index is 13.0. The highest BCUT2D eigenvalue weighted by atomic mass is 16.5. The molecule has 0 unspecified atom stereocenters. The first-order valence-corrected chi connectivity index (χ1v) is 7.88. The molecule has 0 aliphatic heterocycles. The van der Waals surface area contributed by atoms with Crippen LogP contribution in [0, 0.1) is 0 Å². The van der Waals surface area contributed by atoms with Crippen molar-refractivity contribution < 1.29 is 19.1 Å². The minimum atomic E-state index is -0.451. The van der Waals surface area contributed by atoms with E-state index in [-0.39, 0.29) is 18.9 Å². The van der Waals surface area contributed by atoms with Gasteiger partial charge in [-0.05, 0) is 17.7 Å². The van der Waals surface area contributed by atoms with Crippen molar-refractivity contribution in [3.8, 4) is 11.5 Å². The number of rotatable bonds is 8. The number of hydrogen-bond donors (Lipinski definition) is 1. The molecule has 0 bridgehead atoms. The first kappa shape index (κ1) is 18.3. The second-order valence-corrected chi connectivity index (χ2v) is 5.49. The van der Waals surface area contributed by atoms with Crippen LogP contribution in [0.1, 0.15) is 22.3 Å². The number of methoxy groups -OCH3 is 2. The van der Waals surface area contributed by atoms with Gasteiger partial charge in [0.2, 0.25) is 5.91 Å². The van der Waals surface area contributed by atoms with Crippen molar-refractivity contribution in [2.45, 2.75) is 13.0 Å². The van der Waals surface area contributed by atoms with Crippen LogP contribution in [-0.2, 0) is 11.3 Å². The number of nitrogens with two attached hydrogens (primary N) is 1. The topological polar surface area (TPSA) is 81.9 Å². The highest BCUT2D eigenvalue weighted by molar-refractivity contribution is 5.97. The molecule has 25 heavy (non-hydrogen) atoms. The van der Waals surface area contributed by atoms with Gasteiger partial charge in [-0.15, -0.1) is 0 Å². The Morgan fingerprint density at radius 3 is 2.36 bits per heavy atom. The van der Waals surface area contributed by atoms with Gasteiger partial charge in [-0.1, -0.05) is 30.3 Å². The lowest BCUT2D eigenvalue weighted by molar-refractivity contribution is -0.118. The van der Waals surface area contributed by atoms with Crippen LogP contribution in [0.4, 0.5) is 0 Å². The number of carbonyl (C=O) groups excluding carboxylic acids is 2. The predicted molar refractivity (Wildman–Crippen MR) is 94.5 cm³/mol. The van der Waals surface area contributed by atoms with Crippen molar-refractivity contribution >= 4 is 11.8 Å². The largest absolute Gasteiger partial charge is 0.497 e. The van der Waals surface area contributed by atoms with E-state index in [1.807, 2.05) is 30.3 Å². The summed E-state index contributed by atoms with van der Waals surface area (Å²) in [6.07, 6.45) is 0.0943. The molecule has 0 fully saturated rings. The summed E-state index contributed by atoms with van der Waals surface area (Å²) < 4.78 is 10.5. The smallest absolute Gasteiger partial charge is 0.257 e. The number of nitrogens with zero attached hydrogens (tertiary/aromatic N) is 1. The molecule has 6 nitrogen and oxygen atoms in total. The minimum Gasteiger partial charge on any atom is -0.497 e. The minimum absolute atomic E-state index is 0.0943. The quantitative estimate of drug-likeness (QED) is 0.797. The molecule has 132 valence electrons. The fourth-order valence-electron chi connectivity index (χ4n) is 2.45. The molecule has 6 heteroatoms. The molecule has 0 spiro atoms. The van der Waals surface area contributed by atoms with E-state index in [0.717, 1.165) is 5.56 Å². The second-order valence-electron chi connectivity index (χ2n) is 5.49. The Hall–Kier alpha value is -3.02. The van der Waals surface area contributed by atoms with Crippen LogP contribution in [0.25, 0.3) is 0 Å². The average Bonchev–Trinajstić information content (AvgIpc) is 2.64. The van der Waals surface area contributed by atoms with Gasteiger partial charge in [0.25, 0.3) is 5.91 Å². The Kier molecular flexibility index (Phi) is 6.39. The van der Waals surface area contributed by atoms with Crippen molar-refractivity contribution in [1.82, 2.24) is 4.90 Å². The van der Waals surface area contributed by atoms with Gasteiger partial charge in [-0.2, -0.15) is 0 Å². The highest BCUT2D eigenvalue weighted by Crippen LogP contribution is 2.26. The Balaban J connectivity index is 2.29. The molecule has 0 atom stereocenters. The van der Waals surface area contributed by atoms with Gasteiger partial charge in [0.15, 0.2) is 0 Å². The Bertz CT molecular complexity index is 731. The summed E-state index contributed by atoms with van der Waals surface area (Å²) in [5, 5.41) is 0. The molecule has 0 aromatic heterocycles. The summed E-state index contributed by atoms with van der Waals surface area (Å²) in [5.74, 6) is 0.332. The molecule has 0 radical (unpaired) electrons. The third-order valence-electron chi connectivity index (χ3n) is 3.77. The zero-order valence-corrected chi connectivity index (χ0v) is 14.4. The van der Waals surface area contributed by atoms with E-state index < -0.39 is 5.91 Å². The average molecular weight is 342 g/mol. The number of benzene rings is 2. The molecule has 0 heterocycles. The predicted octanol–water partition coefficient (Wildman–Crippen LogP) is 2.22. The van der Waals surface area contributed by atoms with E-state index in [9.17, 15) is 9.59 Å². The normalized spacial score (nSPS) is 10.2. The maximum Gasteiger partial charge on any atom is 0.257 e. The van der Waals surface area contributed by atoms with E-state index in [4.69, 9.17) is 15.2 Å². The Morgan fingerprint density at radius 1 is 1.04 bits per heavy atom. The van der Waals surface area contributed by atoms with Crippen molar-refractivity contribution in [2.24, 2.45) is 5.73 Å². The summed E-state index contributed by atoms with van der Waals surface area (Å²) >= 11 is 0. The summed E-state index contributed by atoms with van der Waals surface area (Å²) in [4.78, 5) is 25.7. The summed E-state index contributed by atoms with van der Waals surface area (Å²) in [5.41, 5.74) is 6.62. The molecule has 0 aliphatic carbocycles. The van der Waals surface area contributed by atoms with Crippen LogP contribution in [-0.4, -0.2) is 37.5 Å². The molecule has 2 aromatic carbocycles. The fourth-order valence-corrected chi connectivity index (χ4v) is 2.45. The van der Waals surface area contributed by atoms with Crippen molar-refractivity contribution in [2.75, 3.05) is 20.8 Å². The molecule has 2 N–H and O–H groups in total. The third kappa shape index (κ3) is 4.97. The van der Waals surface area contributed by atoms with E-state index in [1.54, 1.807) is 30.2 Å². The molecule has 2 amide bonds. The maximum absolute atomic E-state index is 13.0. The number of amides is 2. The SMILES string of the molecule is COc1ccc(C(=O)N(CCC(N)=O)Cc2ccccc2)c(OC)c1. The van der Waals surface area contributed by atoms with Gasteiger partial charge in [0.1, 0.15) is 11.5 Å². The highest BCUT2D eigenvalue weighted by Gasteiger charge is 2.21. The van der Waals surface area contributed by atoms with Crippen molar-refractivity contribution in [3.05, 3.63) is 59.7 Å². The van der Waals surface area contributed by atoms with Gasteiger partial charge in [0.05, 0.1) is 19.8 Å². The Labute approximate surface area is 147 Å². The lowest BCUT2D eigenvalue weighted by Gasteiger charge is -2.23. The van der Waals surface area contributed by atoms with Gasteiger partial charge in [-0.25, -0.2) is 0 Å². The van der Waals surface area contributed by atoms with Crippen molar-refractivity contribution in [3.63, 3.8) is 0 Å². The van der Waals surface area contributed by atoms with Gasteiger partial charge >= 0.3 is 0 Å². The number of carbonyl (C=O) groups is 2. The van der Waals surface area contributed by atoms with Gasteiger partial charge in [0, 0.05) is 25.6 Å². The molecule has 0 saturated carbocycles. The molecule has 0 saturated heterocycles. The third-order valence-corrected chi connectivity index (χ3v) is 3.77. The summed E-state index contributed by atoms with van der Waals surface area (Å²) in [6.45, 7) is 0.611. The van der Waals surface area contributed by atoms with Crippen LogP contribution in [0.2, 0.25) is 0 Å². The van der Waals surface area contributed by atoms with E-state index >= 15 is 0 Å². The van der Waals surface area contributed by atoms with Crippen LogP contribution < -0.4 is 15.2 Å². The zero-order chi connectivity index (χ0) is 18.2. The van der Waals surface area contributed by atoms with Crippen LogP contribution >= 0.6 is 0 Å². The van der Waals surface area contributed by atoms with E-state index in [2.05, 4.69) is 0 Å². The van der Waals surface area contributed by atoms with Crippen LogP contribution in [0.15, 0.2) is 48.5 Å². The first-order valence-electron chi connectivity index (χ1n) is 7.88. The molecule has 2 rings (SSSR count). The molecule has 2 aromatic rings. The van der Waals surface area contributed by atoms with Crippen LogP contribution in [0.5, 0.6) is 11.5 Å². The lowest BCUT2D eigenvalue weighted by atomic mass is 10.1. The zero-order valence-electron chi connectivity index (χ0n) is 14.4. The van der Waals surface area contributed by atoms with E-state index in [0.29, 0.717) is 23.6 Å². The second kappa shape index (κ2) is 8.73. The van der Waals surface area contributed by atoms with Gasteiger partial charge < -0.3 is 20.1 Å².